The molecule has 0 aliphatic carbocycles. The molecule has 1 aromatic heterocycles. The zero-order valence-electron chi connectivity index (χ0n) is 8.25. The van der Waals surface area contributed by atoms with E-state index < -0.39 is 0 Å². The van der Waals surface area contributed by atoms with Crippen LogP contribution in [0.15, 0.2) is 35.1 Å². The molecule has 16 heavy (non-hydrogen) atoms. The van der Waals surface area contributed by atoms with E-state index in [0.717, 1.165) is 10.3 Å². The molecule has 2 rings (SSSR count). The number of hydrogen-bond donors (Lipinski definition) is 1. The molecule has 2 nitrogen and oxygen atoms in total. The van der Waals surface area contributed by atoms with Crippen molar-refractivity contribution in [3.05, 3.63) is 52.3 Å². The molecule has 0 aliphatic rings. The van der Waals surface area contributed by atoms with Gasteiger partial charge in [0.05, 0.1) is 4.83 Å². The van der Waals surface area contributed by atoms with Crippen molar-refractivity contribution in [2.45, 2.75) is 11.2 Å². The van der Waals surface area contributed by atoms with Crippen molar-refractivity contribution in [1.29, 1.82) is 0 Å². The normalized spacial score (nSPS) is 12.7. The number of aromatic nitrogens is 2. The Morgan fingerprint density at radius 3 is 2.88 bits per heavy atom. The molecular formula is C11H9Br2FN2. The van der Waals surface area contributed by atoms with E-state index in [-0.39, 0.29) is 10.6 Å². The Balaban J connectivity index is 2.24. The molecule has 0 saturated heterocycles. The molecule has 5 heteroatoms. The highest BCUT2D eigenvalue weighted by molar-refractivity contribution is 9.11. The SMILES string of the molecule is Fc1cccc(Br)c1C(Br)Cc1ncc[nH]1. The molecular weight excluding hydrogens is 339 g/mol. The number of rotatable bonds is 3. The highest BCUT2D eigenvalue weighted by atomic mass is 79.9. The van der Waals surface area contributed by atoms with Gasteiger partial charge in [0, 0.05) is 28.9 Å². The highest BCUT2D eigenvalue weighted by Crippen LogP contribution is 2.33. The lowest BCUT2D eigenvalue weighted by Crippen LogP contribution is -2.01. The van der Waals surface area contributed by atoms with Gasteiger partial charge < -0.3 is 4.98 Å². The number of benzene rings is 1. The average molecular weight is 348 g/mol. The molecule has 1 heterocycles. The van der Waals surface area contributed by atoms with E-state index >= 15 is 0 Å². The Morgan fingerprint density at radius 2 is 2.25 bits per heavy atom. The summed E-state index contributed by atoms with van der Waals surface area (Å²) in [6.45, 7) is 0. The molecule has 0 radical (unpaired) electrons. The maximum Gasteiger partial charge on any atom is 0.128 e. The van der Waals surface area contributed by atoms with Gasteiger partial charge >= 0.3 is 0 Å². The summed E-state index contributed by atoms with van der Waals surface area (Å²) in [5.41, 5.74) is 0.624. The van der Waals surface area contributed by atoms with Crippen LogP contribution in [-0.4, -0.2) is 9.97 Å². The maximum atomic E-state index is 13.6. The Morgan fingerprint density at radius 1 is 1.44 bits per heavy atom. The second kappa shape index (κ2) is 5.10. The monoisotopic (exact) mass is 346 g/mol. The van der Waals surface area contributed by atoms with E-state index in [4.69, 9.17) is 0 Å². The van der Waals surface area contributed by atoms with Crippen molar-refractivity contribution in [2.75, 3.05) is 0 Å². The summed E-state index contributed by atoms with van der Waals surface area (Å²) >= 11 is 6.83. The number of imidazole rings is 1. The molecule has 0 aliphatic heterocycles. The first-order valence-corrected chi connectivity index (χ1v) is 6.45. The van der Waals surface area contributed by atoms with Crippen LogP contribution in [0.3, 0.4) is 0 Å². The predicted molar refractivity (Wildman–Crippen MR) is 68.1 cm³/mol. The van der Waals surface area contributed by atoms with Crippen LogP contribution in [0.2, 0.25) is 0 Å². The molecule has 1 unspecified atom stereocenters. The van der Waals surface area contributed by atoms with Gasteiger partial charge in [-0.15, -0.1) is 0 Å². The fourth-order valence-electron chi connectivity index (χ4n) is 1.49. The van der Waals surface area contributed by atoms with Crippen LogP contribution in [0.5, 0.6) is 0 Å². The van der Waals surface area contributed by atoms with Gasteiger partial charge in [0.15, 0.2) is 0 Å². The van der Waals surface area contributed by atoms with E-state index in [1.54, 1.807) is 18.5 Å². The van der Waals surface area contributed by atoms with Crippen molar-refractivity contribution in [3.8, 4) is 0 Å². The van der Waals surface area contributed by atoms with E-state index in [1.165, 1.54) is 6.07 Å². The molecule has 0 spiro atoms. The number of H-pyrrole nitrogens is 1. The Bertz CT molecular complexity index is 451. The summed E-state index contributed by atoms with van der Waals surface area (Å²) < 4.78 is 14.4. The third-order valence-electron chi connectivity index (χ3n) is 2.24. The smallest absolute Gasteiger partial charge is 0.128 e. The summed E-state index contributed by atoms with van der Waals surface area (Å²) in [6.07, 6.45) is 4.06. The van der Waals surface area contributed by atoms with Gasteiger partial charge in [-0.2, -0.15) is 0 Å². The first-order chi connectivity index (χ1) is 7.68. The minimum atomic E-state index is -0.220. The standard InChI is InChI=1S/C11H9Br2FN2/c12-7-2-1-3-9(14)11(7)8(13)6-10-15-4-5-16-10/h1-5,8H,6H2,(H,15,16). The number of halogens is 3. The average Bonchev–Trinajstić information content (AvgIpc) is 2.70. The lowest BCUT2D eigenvalue weighted by molar-refractivity contribution is 0.605. The van der Waals surface area contributed by atoms with Crippen LogP contribution in [-0.2, 0) is 6.42 Å². The molecule has 1 atom stereocenters. The van der Waals surface area contributed by atoms with E-state index in [9.17, 15) is 4.39 Å². The first-order valence-electron chi connectivity index (χ1n) is 4.74. The maximum absolute atomic E-state index is 13.6. The highest BCUT2D eigenvalue weighted by Gasteiger charge is 2.17. The molecule has 1 N–H and O–H groups in total. The molecule has 0 saturated carbocycles. The van der Waals surface area contributed by atoms with Crippen molar-refractivity contribution >= 4 is 31.9 Å². The van der Waals surface area contributed by atoms with E-state index in [0.29, 0.717) is 12.0 Å². The third-order valence-corrected chi connectivity index (χ3v) is 3.71. The lowest BCUT2D eigenvalue weighted by Gasteiger charge is -2.11. The number of alkyl halides is 1. The fraction of sp³-hybridized carbons (Fsp3) is 0.182. The van der Waals surface area contributed by atoms with Crippen molar-refractivity contribution in [3.63, 3.8) is 0 Å². The Labute approximate surface area is 110 Å². The second-order valence-corrected chi connectivity index (χ2v) is 5.30. The van der Waals surface area contributed by atoms with Crippen LogP contribution in [0.4, 0.5) is 4.39 Å². The molecule has 84 valence electrons. The first kappa shape index (κ1) is 11.8. The summed E-state index contributed by atoms with van der Waals surface area (Å²) in [7, 11) is 0. The zero-order valence-corrected chi connectivity index (χ0v) is 11.4. The number of hydrogen-bond acceptors (Lipinski definition) is 1. The van der Waals surface area contributed by atoms with Gasteiger partial charge in [-0.05, 0) is 12.1 Å². The summed E-state index contributed by atoms with van der Waals surface area (Å²) in [5, 5.41) is 0. The molecule has 0 fully saturated rings. The number of nitrogens with one attached hydrogen (secondary N) is 1. The fourth-order valence-corrected chi connectivity index (χ4v) is 3.19. The lowest BCUT2D eigenvalue weighted by atomic mass is 10.1. The van der Waals surface area contributed by atoms with Crippen LogP contribution >= 0.6 is 31.9 Å². The second-order valence-electron chi connectivity index (χ2n) is 3.34. The number of aromatic amines is 1. The van der Waals surface area contributed by atoms with Crippen molar-refractivity contribution in [2.24, 2.45) is 0 Å². The van der Waals surface area contributed by atoms with Crippen LogP contribution in [0.1, 0.15) is 16.2 Å². The number of nitrogens with zero attached hydrogens (tertiary/aromatic N) is 1. The van der Waals surface area contributed by atoms with Gasteiger partial charge in [-0.25, -0.2) is 9.37 Å². The van der Waals surface area contributed by atoms with Gasteiger partial charge in [-0.1, -0.05) is 37.9 Å². The molecule has 0 amide bonds. The summed E-state index contributed by atoms with van der Waals surface area (Å²) in [4.78, 5) is 7.01. The molecule has 1 aromatic carbocycles. The molecule has 2 aromatic rings. The largest absolute Gasteiger partial charge is 0.349 e. The third kappa shape index (κ3) is 2.52. The summed E-state index contributed by atoms with van der Waals surface area (Å²) in [5.74, 6) is 0.611. The van der Waals surface area contributed by atoms with E-state index in [1.807, 2.05) is 6.07 Å². The van der Waals surface area contributed by atoms with Crippen LogP contribution in [0, 0.1) is 5.82 Å². The van der Waals surface area contributed by atoms with Gasteiger partial charge in [0.1, 0.15) is 11.6 Å². The molecule has 0 bridgehead atoms. The minimum Gasteiger partial charge on any atom is -0.349 e. The quantitative estimate of drug-likeness (QED) is 0.835. The minimum absolute atomic E-state index is 0.103. The zero-order chi connectivity index (χ0) is 11.5. The Hall–Kier alpha value is -0.680. The van der Waals surface area contributed by atoms with Gasteiger partial charge in [0.25, 0.3) is 0 Å². The van der Waals surface area contributed by atoms with Crippen LogP contribution < -0.4 is 0 Å². The van der Waals surface area contributed by atoms with Gasteiger partial charge in [0.2, 0.25) is 0 Å². The van der Waals surface area contributed by atoms with Gasteiger partial charge in [-0.3, -0.25) is 0 Å². The van der Waals surface area contributed by atoms with E-state index in [2.05, 4.69) is 41.8 Å². The Kier molecular flexibility index (Phi) is 3.76. The topological polar surface area (TPSA) is 28.7 Å². The van der Waals surface area contributed by atoms with Crippen molar-refractivity contribution < 1.29 is 4.39 Å². The van der Waals surface area contributed by atoms with Crippen molar-refractivity contribution in [1.82, 2.24) is 9.97 Å². The summed E-state index contributed by atoms with van der Waals surface area (Å²) in [6, 6.07) is 4.96. The van der Waals surface area contributed by atoms with Crippen LogP contribution in [0.25, 0.3) is 0 Å². The predicted octanol–water partition coefficient (Wildman–Crippen LogP) is 3.99.